The number of carboxylic acids is 2. The Morgan fingerprint density at radius 2 is 1.30 bits per heavy atom. The number of hydrogen-bond acceptors (Lipinski definition) is 4. The van der Waals surface area contributed by atoms with Crippen molar-refractivity contribution in [3.8, 4) is 11.5 Å². The van der Waals surface area contributed by atoms with E-state index in [1.54, 1.807) is 30.3 Å². The van der Waals surface area contributed by atoms with E-state index < -0.39 is 11.9 Å². The third kappa shape index (κ3) is 2.86. The number of carbonyl (C=O) groups is 2. The minimum Gasteiger partial charge on any atom is -0.478 e. The van der Waals surface area contributed by atoms with Gasteiger partial charge in [0.2, 0.25) is 5.75 Å². The summed E-state index contributed by atoms with van der Waals surface area (Å²) in [6, 6.07) is 12.1. The zero-order valence-electron chi connectivity index (χ0n) is 10.1. The Morgan fingerprint density at radius 3 is 1.80 bits per heavy atom. The number of hydrogen-bond donors (Lipinski definition) is 2. The van der Waals surface area contributed by atoms with Crippen LogP contribution in [0.3, 0.4) is 0 Å². The van der Waals surface area contributed by atoms with Gasteiger partial charge in [-0.15, -0.1) is 0 Å². The SMILES string of the molecule is O=C(O)c1cccc(C(=O)O)c1OOc1ccccc1. The Kier molecular flexibility index (Phi) is 3.85. The summed E-state index contributed by atoms with van der Waals surface area (Å²) in [5.41, 5.74) is -0.582. The molecule has 20 heavy (non-hydrogen) atoms. The van der Waals surface area contributed by atoms with Crippen molar-refractivity contribution >= 4 is 11.9 Å². The van der Waals surface area contributed by atoms with Gasteiger partial charge < -0.3 is 10.2 Å². The Morgan fingerprint density at radius 1 is 0.750 bits per heavy atom. The Bertz CT molecular complexity index is 603. The zero-order valence-corrected chi connectivity index (χ0v) is 10.1. The second kappa shape index (κ2) is 5.75. The third-order valence-corrected chi connectivity index (χ3v) is 2.44. The molecule has 2 aromatic rings. The normalized spacial score (nSPS) is 9.80. The van der Waals surface area contributed by atoms with Crippen molar-refractivity contribution in [2.45, 2.75) is 0 Å². The van der Waals surface area contributed by atoms with Crippen molar-refractivity contribution in [1.82, 2.24) is 0 Å². The summed E-state index contributed by atoms with van der Waals surface area (Å²) in [4.78, 5) is 32.0. The first-order valence-corrected chi connectivity index (χ1v) is 5.59. The molecule has 6 nitrogen and oxygen atoms in total. The Labute approximate surface area is 113 Å². The van der Waals surface area contributed by atoms with Crippen molar-refractivity contribution in [3.05, 3.63) is 59.7 Å². The van der Waals surface area contributed by atoms with E-state index in [0.717, 1.165) is 0 Å². The number of aromatic carboxylic acids is 2. The van der Waals surface area contributed by atoms with Gasteiger partial charge in [-0.3, -0.25) is 9.78 Å². The molecule has 2 N–H and O–H groups in total. The van der Waals surface area contributed by atoms with Crippen LogP contribution in [0.5, 0.6) is 11.5 Å². The largest absolute Gasteiger partial charge is 0.478 e. The first-order valence-electron chi connectivity index (χ1n) is 5.59. The molecule has 0 fully saturated rings. The predicted octanol–water partition coefficient (Wildman–Crippen LogP) is 2.46. The van der Waals surface area contributed by atoms with Crippen molar-refractivity contribution in [3.63, 3.8) is 0 Å². The fourth-order valence-corrected chi connectivity index (χ4v) is 1.53. The van der Waals surface area contributed by atoms with Gasteiger partial charge in [-0.1, -0.05) is 24.3 Å². The summed E-state index contributed by atoms with van der Waals surface area (Å²) >= 11 is 0. The fourth-order valence-electron chi connectivity index (χ4n) is 1.53. The summed E-state index contributed by atoms with van der Waals surface area (Å²) in [5, 5.41) is 18.1. The van der Waals surface area contributed by atoms with Gasteiger partial charge in [0.15, 0.2) is 5.75 Å². The highest BCUT2D eigenvalue weighted by molar-refractivity contribution is 5.98. The lowest BCUT2D eigenvalue weighted by atomic mass is 10.1. The molecule has 0 amide bonds. The van der Waals surface area contributed by atoms with Crippen LogP contribution in [0.15, 0.2) is 48.5 Å². The lowest BCUT2D eigenvalue weighted by Gasteiger charge is -2.10. The highest BCUT2D eigenvalue weighted by atomic mass is 17.2. The van der Waals surface area contributed by atoms with E-state index in [2.05, 4.69) is 0 Å². The van der Waals surface area contributed by atoms with Gasteiger partial charge in [-0.2, -0.15) is 0 Å². The lowest BCUT2D eigenvalue weighted by molar-refractivity contribution is -0.101. The van der Waals surface area contributed by atoms with Crippen LogP contribution in [0, 0.1) is 0 Å². The second-order valence-electron chi connectivity index (χ2n) is 3.77. The van der Waals surface area contributed by atoms with E-state index in [4.69, 9.17) is 20.0 Å². The summed E-state index contributed by atoms with van der Waals surface area (Å²) in [6.07, 6.45) is 0. The highest BCUT2D eigenvalue weighted by Gasteiger charge is 2.21. The van der Waals surface area contributed by atoms with Gasteiger partial charge >= 0.3 is 11.9 Å². The van der Waals surface area contributed by atoms with Gasteiger partial charge in [0.05, 0.1) is 0 Å². The highest BCUT2D eigenvalue weighted by Crippen LogP contribution is 2.25. The minimum atomic E-state index is -1.31. The number of rotatable bonds is 5. The van der Waals surface area contributed by atoms with E-state index >= 15 is 0 Å². The number of para-hydroxylation sites is 2. The summed E-state index contributed by atoms with van der Waals surface area (Å²) in [6.45, 7) is 0. The lowest BCUT2D eigenvalue weighted by Crippen LogP contribution is -2.11. The van der Waals surface area contributed by atoms with Crippen LogP contribution in [-0.4, -0.2) is 22.2 Å². The molecule has 0 aromatic heterocycles. The molecule has 2 aromatic carbocycles. The maximum absolute atomic E-state index is 11.1. The van der Waals surface area contributed by atoms with Crippen LogP contribution >= 0.6 is 0 Å². The maximum atomic E-state index is 11.1. The molecule has 0 heterocycles. The molecule has 0 bridgehead atoms. The molecule has 102 valence electrons. The van der Waals surface area contributed by atoms with Crippen molar-refractivity contribution in [1.29, 1.82) is 0 Å². The summed E-state index contributed by atoms with van der Waals surface area (Å²) in [5.74, 6) is -2.64. The van der Waals surface area contributed by atoms with Crippen molar-refractivity contribution in [2.24, 2.45) is 0 Å². The van der Waals surface area contributed by atoms with Crippen LogP contribution in [0.1, 0.15) is 20.7 Å². The van der Waals surface area contributed by atoms with E-state index in [1.165, 1.54) is 18.2 Å². The average molecular weight is 274 g/mol. The van der Waals surface area contributed by atoms with Gasteiger partial charge in [-0.25, -0.2) is 9.59 Å². The van der Waals surface area contributed by atoms with Gasteiger partial charge in [-0.05, 0) is 24.3 Å². The predicted molar refractivity (Wildman–Crippen MR) is 68.1 cm³/mol. The van der Waals surface area contributed by atoms with E-state index in [1.807, 2.05) is 0 Å². The first-order chi connectivity index (χ1) is 9.59. The third-order valence-electron chi connectivity index (χ3n) is 2.44. The molecule has 0 spiro atoms. The molecule has 0 aliphatic heterocycles. The quantitative estimate of drug-likeness (QED) is 0.642. The van der Waals surface area contributed by atoms with E-state index in [-0.39, 0.29) is 16.9 Å². The van der Waals surface area contributed by atoms with Crippen LogP contribution in [0.2, 0.25) is 0 Å². The smallest absolute Gasteiger partial charge is 0.339 e. The average Bonchev–Trinajstić information content (AvgIpc) is 2.45. The zero-order chi connectivity index (χ0) is 14.5. The van der Waals surface area contributed by atoms with Crippen molar-refractivity contribution < 1.29 is 29.6 Å². The molecule has 6 heteroatoms. The number of benzene rings is 2. The topological polar surface area (TPSA) is 93.1 Å². The van der Waals surface area contributed by atoms with Gasteiger partial charge in [0.1, 0.15) is 11.1 Å². The van der Waals surface area contributed by atoms with Crippen LogP contribution in [-0.2, 0) is 0 Å². The Balaban J connectivity index is 2.33. The summed E-state index contributed by atoms with van der Waals surface area (Å²) in [7, 11) is 0. The molecule has 0 aliphatic carbocycles. The molecule has 0 radical (unpaired) electrons. The molecule has 0 saturated carbocycles. The van der Waals surface area contributed by atoms with Crippen LogP contribution in [0.4, 0.5) is 0 Å². The molecule has 0 atom stereocenters. The second-order valence-corrected chi connectivity index (χ2v) is 3.77. The molecule has 2 rings (SSSR count). The van der Waals surface area contributed by atoms with Crippen LogP contribution < -0.4 is 9.78 Å². The Hall–Kier alpha value is -3.02. The van der Waals surface area contributed by atoms with Gasteiger partial charge in [0, 0.05) is 0 Å². The maximum Gasteiger partial charge on any atom is 0.339 e. The molecular formula is C14H10O6. The first kappa shape index (κ1) is 13.4. The minimum absolute atomic E-state index is 0.291. The molecular weight excluding hydrogens is 264 g/mol. The standard InChI is InChI=1S/C14H10O6/c15-13(16)10-7-4-8-11(14(17)18)12(10)20-19-9-5-2-1-3-6-9/h1-8H,(H,15,16)(H,17,18). The van der Waals surface area contributed by atoms with Crippen molar-refractivity contribution in [2.75, 3.05) is 0 Å². The van der Waals surface area contributed by atoms with E-state index in [9.17, 15) is 9.59 Å². The molecule has 0 saturated heterocycles. The fraction of sp³-hybridized carbons (Fsp3) is 0. The van der Waals surface area contributed by atoms with E-state index in [0.29, 0.717) is 5.75 Å². The monoisotopic (exact) mass is 274 g/mol. The summed E-state index contributed by atoms with van der Waals surface area (Å²) < 4.78 is 0. The molecule has 0 unspecified atom stereocenters. The van der Waals surface area contributed by atoms with Gasteiger partial charge in [0.25, 0.3) is 0 Å². The number of carboxylic acid groups (broad SMARTS) is 2. The van der Waals surface area contributed by atoms with Crippen LogP contribution in [0.25, 0.3) is 0 Å². The molecule has 0 aliphatic rings.